The summed E-state index contributed by atoms with van der Waals surface area (Å²) in [6.07, 6.45) is 2.01. The monoisotopic (exact) mass is 476 g/mol. The quantitative estimate of drug-likeness (QED) is 0.411. The Labute approximate surface area is 209 Å². The normalized spacial score (nSPS) is 14.9. The average Bonchev–Trinajstić information content (AvgIpc) is 3.22. The molecule has 0 saturated carbocycles. The van der Waals surface area contributed by atoms with Crippen molar-refractivity contribution in [3.8, 4) is 11.3 Å². The van der Waals surface area contributed by atoms with E-state index in [0.29, 0.717) is 38.1 Å². The molecule has 0 radical (unpaired) electrons. The molecule has 0 bridgehead atoms. The van der Waals surface area contributed by atoms with E-state index in [0.717, 1.165) is 37.3 Å². The molecule has 6 nitrogen and oxygen atoms in total. The number of amides is 1. The number of nitrogens with zero attached hydrogens (tertiary/aromatic N) is 2. The van der Waals surface area contributed by atoms with Crippen molar-refractivity contribution in [1.82, 2.24) is 20.2 Å². The highest BCUT2D eigenvalue weighted by molar-refractivity contribution is 5.92. The first kappa shape index (κ1) is 25.4. The Morgan fingerprint density at radius 2 is 1.89 bits per heavy atom. The number of likely N-dealkylation sites (tertiary alicyclic amines) is 1. The van der Waals surface area contributed by atoms with Crippen LogP contribution in [0.4, 0.5) is 0 Å². The van der Waals surface area contributed by atoms with Gasteiger partial charge in [-0.15, -0.1) is 0 Å². The molecule has 3 aromatic rings. The van der Waals surface area contributed by atoms with Crippen molar-refractivity contribution in [3.05, 3.63) is 52.8 Å². The number of hydrogen-bond donors (Lipinski definition) is 2. The summed E-state index contributed by atoms with van der Waals surface area (Å²) < 4.78 is 5.32. The molecule has 2 aromatic heterocycles. The number of ether oxygens (including phenoxy) is 1. The number of piperidine rings is 1. The van der Waals surface area contributed by atoms with Crippen LogP contribution in [0.25, 0.3) is 22.2 Å². The maximum absolute atomic E-state index is 12.6. The van der Waals surface area contributed by atoms with E-state index in [1.165, 1.54) is 33.3 Å². The molecule has 35 heavy (non-hydrogen) atoms. The SMILES string of the molecule is CCOCCNCC(=O)N1CCC(c2ccc3[nH]c(-c4cc(C)nc(C)c4)c(C(C)C)c3c2)CC1. The zero-order valence-corrected chi connectivity index (χ0v) is 21.9. The number of nitrogens with one attached hydrogen (secondary N) is 2. The van der Waals surface area contributed by atoms with Crippen LogP contribution >= 0.6 is 0 Å². The van der Waals surface area contributed by atoms with Crippen LogP contribution in [-0.2, 0) is 9.53 Å². The molecule has 4 rings (SSSR count). The second-order valence-corrected chi connectivity index (χ2v) is 10.0. The van der Waals surface area contributed by atoms with E-state index in [4.69, 9.17) is 4.74 Å². The lowest BCUT2D eigenvalue weighted by atomic mass is 9.87. The fourth-order valence-electron chi connectivity index (χ4n) is 5.35. The van der Waals surface area contributed by atoms with E-state index in [-0.39, 0.29) is 5.91 Å². The second-order valence-electron chi connectivity index (χ2n) is 10.0. The van der Waals surface area contributed by atoms with Crippen LogP contribution in [0.15, 0.2) is 30.3 Å². The van der Waals surface area contributed by atoms with Crippen LogP contribution in [0.1, 0.15) is 68.0 Å². The second kappa shape index (κ2) is 11.4. The average molecular weight is 477 g/mol. The van der Waals surface area contributed by atoms with Gasteiger partial charge in [0, 0.05) is 54.1 Å². The van der Waals surface area contributed by atoms with Crippen LogP contribution in [0.5, 0.6) is 0 Å². The third-order valence-corrected chi connectivity index (χ3v) is 7.03. The van der Waals surface area contributed by atoms with Crippen molar-refractivity contribution in [2.45, 2.75) is 59.3 Å². The first-order valence-electron chi connectivity index (χ1n) is 13.0. The maximum atomic E-state index is 12.6. The van der Waals surface area contributed by atoms with E-state index in [1.807, 2.05) is 11.8 Å². The van der Waals surface area contributed by atoms with Crippen LogP contribution in [0.3, 0.4) is 0 Å². The molecule has 1 aromatic carbocycles. The van der Waals surface area contributed by atoms with Crippen molar-refractivity contribution < 1.29 is 9.53 Å². The standard InChI is InChI=1S/C29H40N4O2/c1-6-35-14-11-30-18-27(34)33-12-9-22(10-13-33)23-7-8-26-25(17-23)28(19(2)3)29(32-26)24-15-20(4)31-21(5)16-24/h7-8,15-17,19,22,30,32H,6,9-14,18H2,1-5H3. The predicted octanol–water partition coefficient (Wildman–Crippen LogP) is 5.30. The fourth-order valence-corrected chi connectivity index (χ4v) is 5.35. The summed E-state index contributed by atoms with van der Waals surface area (Å²) in [6.45, 7) is 14.7. The van der Waals surface area contributed by atoms with Crippen molar-refractivity contribution in [3.63, 3.8) is 0 Å². The summed E-state index contributed by atoms with van der Waals surface area (Å²) in [5.74, 6) is 1.08. The number of aryl methyl sites for hydroxylation is 2. The van der Waals surface area contributed by atoms with Crippen LogP contribution in [-0.4, -0.2) is 60.2 Å². The number of hydrogen-bond acceptors (Lipinski definition) is 4. The molecular weight excluding hydrogens is 436 g/mol. The summed E-state index contributed by atoms with van der Waals surface area (Å²) >= 11 is 0. The number of aromatic nitrogens is 2. The molecule has 1 aliphatic rings. The minimum absolute atomic E-state index is 0.190. The Balaban J connectivity index is 1.48. The van der Waals surface area contributed by atoms with E-state index in [1.54, 1.807) is 0 Å². The van der Waals surface area contributed by atoms with Gasteiger partial charge in [0.2, 0.25) is 5.91 Å². The molecular formula is C29H40N4O2. The van der Waals surface area contributed by atoms with E-state index >= 15 is 0 Å². The highest BCUT2D eigenvalue weighted by Gasteiger charge is 2.25. The van der Waals surface area contributed by atoms with Crippen molar-refractivity contribution in [1.29, 1.82) is 0 Å². The van der Waals surface area contributed by atoms with E-state index in [2.05, 4.69) is 73.3 Å². The number of carbonyl (C=O) groups excluding carboxylic acids is 1. The Kier molecular flexibility index (Phi) is 8.24. The minimum atomic E-state index is 0.190. The molecule has 1 amide bonds. The summed E-state index contributed by atoms with van der Waals surface area (Å²) in [4.78, 5) is 22.8. The molecule has 0 spiro atoms. The molecule has 0 aliphatic carbocycles. The zero-order chi connectivity index (χ0) is 24.9. The molecule has 0 atom stereocenters. The zero-order valence-electron chi connectivity index (χ0n) is 21.9. The van der Waals surface area contributed by atoms with Crippen molar-refractivity contribution in [2.24, 2.45) is 0 Å². The van der Waals surface area contributed by atoms with Gasteiger partial charge < -0.3 is 19.9 Å². The maximum Gasteiger partial charge on any atom is 0.236 e. The van der Waals surface area contributed by atoms with Gasteiger partial charge >= 0.3 is 0 Å². The number of pyridine rings is 1. The first-order valence-corrected chi connectivity index (χ1v) is 13.0. The van der Waals surface area contributed by atoms with Gasteiger partial charge in [-0.25, -0.2) is 0 Å². The molecule has 2 N–H and O–H groups in total. The number of benzene rings is 1. The van der Waals surface area contributed by atoms with Gasteiger partial charge in [-0.2, -0.15) is 0 Å². The lowest BCUT2D eigenvalue weighted by Crippen LogP contribution is -2.43. The lowest BCUT2D eigenvalue weighted by molar-refractivity contribution is -0.131. The highest BCUT2D eigenvalue weighted by Crippen LogP contribution is 2.38. The summed E-state index contributed by atoms with van der Waals surface area (Å²) in [5.41, 5.74) is 8.44. The van der Waals surface area contributed by atoms with Gasteiger partial charge in [-0.3, -0.25) is 9.78 Å². The van der Waals surface area contributed by atoms with Crippen LogP contribution in [0.2, 0.25) is 0 Å². The smallest absolute Gasteiger partial charge is 0.236 e. The van der Waals surface area contributed by atoms with Gasteiger partial charge in [-0.1, -0.05) is 19.9 Å². The van der Waals surface area contributed by atoms with Crippen molar-refractivity contribution in [2.75, 3.05) is 39.4 Å². The summed E-state index contributed by atoms with van der Waals surface area (Å²) in [5, 5.41) is 4.51. The Morgan fingerprint density at radius 3 is 2.54 bits per heavy atom. The van der Waals surface area contributed by atoms with E-state index < -0.39 is 0 Å². The topological polar surface area (TPSA) is 70.2 Å². The number of carbonyl (C=O) groups is 1. The fraction of sp³-hybridized carbons (Fsp3) is 0.517. The summed E-state index contributed by atoms with van der Waals surface area (Å²) in [6, 6.07) is 11.2. The van der Waals surface area contributed by atoms with Gasteiger partial charge in [-0.05, 0) is 80.8 Å². The van der Waals surface area contributed by atoms with Crippen LogP contribution in [0, 0.1) is 13.8 Å². The largest absolute Gasteiger partial charge is 0.380 e. The number of aromatic amines is 1. The van der Waals surface area contributed by atoms with Gasteiger partial charge in [0.1, 0.15) is 0 Å². The molecule has 1 aliphatic heterocycles. The minimum Gasteiger partial charge on any atom is -0.380 e. The Hall–Kier alpha value is -2.70. The molecule has 1 saturated heterocycles. The molecule has 6 heteroatoms. The number of rotatable bonds is 9. The molecule has 1 fully saturated rings. The molecule has 0 unspecified atom stereocenters. The first-order chi connectivity index (χ1) is 16.9. The third-order valence-electron chi connectivity index (χ3n) is 7.03. The lowest BCUT2D eigenvalue weighted by Gasteiger charge is -2.32. The highest BCUT2D eigenvalue weighted by atomic mass is 16.5. The van der Waals surface area contributed by atoms with Gasteiger partial charge in [0.15, 0.2) is 0 Å². The predicted molar refractivity (Wildman–Crippen MR) is 143 cm³/mol. The van der Waals surface area contributed by atoms with Crippen LogP contribution < -0.4 is 5.32 Å². The van der Waals surface area contributed by atoms with Gasteiger partial charge in [0.05, 0.1) is 18.8 Å². The molecule has 188 valence electrons. The third kappa shape index (κ3) is 5.93. The Bertz CT molecular complexity index is 1140. The van der Waals surface area contributed by atoms with Gasteiger partial charge in [0.25, 0.3) is 0 Å². The number of fused-ring (bicyclic) bond motifs is 1. The molecule has 3 heterocycles. The number of H-pyrrole nitrogens is 1. The Morgan fingerprint density at radius 1 is 1.17 bits per heavy atom. The van der Waals surface area contributed by atoms with E-state index in [9.17, 15) is 4.79 Å². The van der Waals surface area contributed by atoms with Crippen molar-refractivity contribution >= 4 is 16.8 Å². The summed E-state index contributed by atoms with van der Waals surface area (Å²) in [7, 11) is 0.